The summed E-state index contributed by atoms with van der Waals surface area (Å²) in [4.78, 5) is 0.189. The number of hydrogen-bond acceptors (Lipinski definition) is 3. The summed E-state index contributed by atoms with van der Waals surface area (Å²) in [7, 11) is -3.49. The summed E-state index contributed by atoms with van der Waals surface area (Å²) in [5, 5.41) is 8.71. The number of aryl methyl sites for hydroxylation is 1. The number of benzene rings is 2. The first kappa shape index (κ1) is 16.2. The Morgan fingerprint density at radius 2 is 1.64 bits per heavy atom. The Morgan fingerprint density at radius 3 is 2.27 bits per heavy atom. The summed E-state index contributed by atoms with van der Waals surface area (Å²) in [5.74, 6) is 0. The highest BCUT2D eigenvalue weighted by Gasteiger charge is 2.12. The first-order valence-electron chi connectivity index (χ1n) is 7.15. The summed E-state index contributed by atoms with van der Waals surface area (Å²) in [6.45, 7) is 0.412. The molecule has 2 rings (SSSR count). The summed E-state index contributed by atoms with van der Waals surface area (Å²) in [6.07, 6.45) is 2.66. The zero-order valence-electron chi connectivity index (χ0n) is 12.2. The van der Waals surface area contributed by atoms with Crippen LogP contribution in [0.25, 0.3) is 0 Å². The minimum absolute atomic E-state index is 0.189. The zero-order valence-corrected chi connectivity index (χ0v) is 13.0. The van der Waals surface area contributed by atoms with E-state index >= 15 is 0 Å². The fourth-order valence-corrected chi connectivity index (χ4v) is 3.17. The summed E-state index contributed by atoms with van der Waals surface area (Å²) in [5.41, 5.74) is 1.71. The third kappa shape index (κ3) is 4.69. The number of hydrogen-bond donors (Lipinski definition) is 1. The van der Waals surface area contributed by atoms with Gasteiger partial charge in [0, 0.05) is 6.54 Å². The molecule has 1 N–H and O–H groups in total. The van der Waals surface area contributed by atoms with E-state index in [0.29, 0.717) is 12.1 Å². The monoisotopic (exact) mass is 314 g/mol. The van der Waals surface area contributed by atoms with Crippen LogP contribution >= 0.6 is 0 Å². The molecule has 0 atom stereocenters. The van der Waals surface area contributed by atoms with Crippen LogP contribution in [0.4, 0.5) is 0 Å². The molecule has 2 aromatic rings. The van der Waals surface area contributed by atoms with Crippen molar-refractivity contribution in [1.29, 1.82) is 5.26 Å². The lowest BCUT2D eigenvalue weighted by Gasteiger charge is -2.07. The van der Waals surface area contributed by atoms with E-state index < -0.39 is 10.0 Å². The van der Waals surface area contributed by atoms with Crippen molar-refractivity contribution in [3.63, 3.8) is 0 Å². The molecule has 4 nitrogen and oxygen atoms in total. The van der Waals surface area contributed by atoms with E-state index in [1.54, 1.807) is 0 Å². The van der Waals surface area contributed by atoms with Gasteiger partial charge in [0.2, 0.25) is 10.0 Å². The molecule has 0 aliphatic carbocycles. The summed E-state index contributed by atoms with van der Waals surface area (Å²) >= 11 is 0. The van der Waals surface area contributed by atoms with Crippen LogP contribution in [0.2, 0.25) is 0 Å². The lowest BCUT2D eigenvalue weighted by molar-refractivity contribution is 0.576. The molecule has 2 aromatic carbocycles. The molecule has 114 valence electrons. The molecular weight excluding hydrogens is 296 g/mol. The number of nitrogens with one attached hydrogen (secondary N) is 1. The van der Waals surface area contributed by atoms with E-state index in [9.17, 15) is 8.42 Å². The number of sulfonamides is 1. The van der Waals surface area contributed by atoms with E-state index in [1.807, 2.05) is 24.3 Å². The third-order valence-electron chi connectivity index (χ3n) is 3.32. The van der Waals surface area contributed by atoms with Crippen molar-refractivity contribution in [2.75, 3.05) is 6.54 Å². The van der Waals surface area contributed by atoms with Crippen molar-refractivity contribution in [2.45, 2.75) is 24.2 Å². The third-order valence-corrected chi connectivity index (χ3v) is 4.80. The van der Waals surface area contributed by atoms with Gasteiger partial charge in [-0.25, -0.2) is 13.1 Å². The fraction of sp³-hybridized carbons (Fsp3) is 0.235. The molecule has 0 aliphatic heterocycles. The van der Waals surface area contributed by atoms with E-state index in [1.165, 1.54) is 29.8 Å². The first-order valence-corrected chi connectivity index (χ1v) is 8.64. The smallest absolute Gasteiger partial charge is 0.211 e. The van der Waals surface area contributed by atoms with Gasteiger partial charge in [-0.1, -0.05) is 30.3 Å². The van der Waals surface area contributed by atoms with E-state index in [2.05, 4.69) is 16.9 Å². The number of nitriles is 1. The van der Waals surface area contributed by atoms with Crippen LogP contribution in [0.3, 0.4) is 0 Å². The van der Waals surface area contributed by atoms with Gasteiger partial charge in [0.25, 0.3) is 0 Å². The van der Waals surface area contributed by atoms with E-state index in [4.69, 9.17) is 5.26 Å². The molecule has 0 heterocycles. The van der Waals surface area contributed by atoms with Crippen LogP contribution in [-0.4, -0.2) is 15.0 Å². The Labute approximate surface area is 131 Å². The second kappa shape index (κ2) is 7.74. The fourth-order valence-electron chi connectivity index (χ4n) is 2.10. The average Bonchev–Trinajstić information content (AvgIpc) is 2.55. The van der Waals surface area contributed by atoms with E-state index in [0.717, 1.165) is 19.3 Å². The second-order valence-corrected chi connectivity index (χ2v) is 6.74. The topological polar surface area (TPSA) is 70.0 Å². The van der Waals surface area contributed by atoms with Gasteiger partial charge in [0.05, 0.1) is 16.5 Å². The molecule has 0 radical (unpaired) electrons. The molecule has 0 bridgehead atoms. The van der Waals surface area contributed by atoms with Gasteiger partial charge in [-0.3, -0.25) is 0 Å². The summed E-state index contributed by atoms with van der Waals surface area (Å²) < 4.78 is 26.7. The molecular formula is C17H18N2O2S. The van der Waals surface area contributed by atoms with Crippen LogP contribution in [0.15, 0.2) is 59.5 Å². The Bertz CT molecular complexity index is 732. The molecule has 0 saturated heterocycles. The highest BCUT2D eigenvalue weighted by atomic mass is 32.2. The van der Waals surface area contributed by atoms with Crippen molar-refractivity contribution >= 4 is 10.0 Å². The Morgan fingerprint density at radius 1 is 0.955 bits per heavy atom. The molecule has 0 spiro atoms. The molecule has 0 amide bonds. The minimum atomic E-state index is -3.49. The SMILES string of the molecule is N#Cc1ccc(S(=O)(=O)NCCCCc2ccccc2)cc1. The van der Waals surface area contributed by atoms with Crippen molar-refractivity contribution in [1.82, 2.24) is 4.72 Å². The number of nitrogens with zero attached hydrogens (tertiary/aromatic N) is 1. The van der Waals surface area contributed by atoms with Gasteiger partial charge >= 0.3 is 0 Å². The lowest BCUT2D eigenvalue weighted by atomic mass is 10.1. The maximum Gasteiger partial charge on any atom is 0.240 e. The zero-order chi connectivity index (χ0) is 15.8. The van der Waals surface area contributed by atoms with Crippen LogP contribution in [0.1, 0.15) is 24.0 Å². The maximum atomic E-state index is 12.1. The first-order chi connectivity index (χ1) is 10.6. The van der Waals surface area contributed by atoms with Gasteiger partial charge in [0.1, 0.15) is 0 Å². The van der Waals surface area contributed by atoms with Crippen molar-refractivity contribution in [2.24, 2.45) is 0 Å². The van der Waals surface area contributed by atoms with Gasteiger partial charge in [0.15, 0.2) is 0 Å². The largest absolute Gasteiger partial charge is 0.240 e. The van der Waals surface area contributed by atoms with Crippen LogP contribution in [-0.2, 0) is 16.4 Å². The highest BCUT2D eigenvalue weighted by molar-refractivity contribution is 7.89. The van der Waals surface area contributed by atoms with Gasteiger partial charge in [-0.2, -0.15) is 5.26 Å². The standard InChI is InChI=1S/C17H18N2O2S/c18-14-16-9-11-17(12-10-16)22(20,21)19-13-5-4-8-15-6-2-1-3-7-15/h1-3,6-7,9-12,19H,4-5,8,13H2. The molecule has 0 aliphatic rings. The maximum absolute atomic E-state index is 12.1. The summed E-state index contributed by atoms with van der Waals surface area (Å²) in [6, 6.07) is 18.0. The normalized spacial score (nSPS) is 11.0. The van der Waals surface area contributed by atoms with Crippen molar-refractivity contribution in [3.8, 4) is 6.07 Å². The molecule has 0 fully saturated rings. The minimum Gasteiger partial charge on any atom is -0.211 e. The van der Waals surface area contributed by atoms with Crippen molar-refractivity contribution in [3.05, 3.63) is 65.7 Å². The number of unbranched alkanes of at least 4 members (excludes halogenated alkanes) is 1. The molecule has 0 aromatic heterocycles. The van der Waals surface area contributed by atoms with Crippen LogP contribution in [0, 0.1) is 11.3 Å². The Hall–Kier alpha value is -2.16. The molecule has 0 saturated carbocycles. The van der Waals surface area contributed by atoms with Gasteiger partial charge < -0.3 is 0 Å². The Balaban J connectivity index is 1.79. The second-order valence-electron chi connectivity index (χ2n) is 4.98. The molecule has 0 unspecified atom stereocenters. The predicted molar refractivity (Wildman–Crippen MR) is 85.7 cm³/mol. The van der Waals surface area contributed by atoms with Gasteiger partial charge in [-0.05, 0) is 49.1 Å². The quantitative estimate of drug-likeness (QED) is 0.799. The van der Waals surface area contributed by atoms with Crippen LogP contribution < -0.4 is 4.72 Å². The lowest BCUT2D eigenvalue weighted by Crippen LogP contribution is -2.24. The molecule has 5 heteroatoms. The Kier molecular flexibility index (Phi) is 5.70. The highest BCUT2D eigenvalue weighted by Crippen LogP contribution is 2.10. The van der Waals surface area contributed by atoms with E-state index in [-0.39, 0.29) is 4.90 Å². The predicted octanol–water partition coefficient (Wildman–Crippen LogP) is 2.86. The average molecular weight is 314 g/mol. The van der Waals surface area contributed by atoms with Gasteiger partial charge in [-0.15, -0.1) is 0 Å². The number of rotatable bonds is 7. The van der Waals surface area contributed by atoms with Crippen molar-refractivity contribution < 1.29 is 8.42 Å². The van der Waals surface area contributed by atoms with Crippen LogP contribution in [0.5, 0.6) is 0 Å². The molecule has 22 heavy (non-hydrogen) atoms.